The van der Waals surface area contributed by atoms with Gasteiger partial charge < -0.3 is 24.1 Å². The molecule has 0 bridgehead atoms. The number of nitrogens with one attached hydrogen (secondary N) is 1. The Labute approximate surface area is 173 Å². The van der Waals surface area contributed by atoms with Crippen LogP contribution in [0.1, 0.15) is 38.1 Å². The smallest absolute Gasteiger partial charge is 0.347 e. The lowest BCUT2D eigenvalue weighted by Gasteiger charge is -2.22. The molecule has 0 saturated carbocycles. The molecular formula is C19H24N4O7. The SMILES string of the molecule is CCOC(=O)COc1cc([N+](=O)[O-])c(C(=O)OC(C)(C)C)c(NC)c1-n1ccnc1. The molecule has 1 aromatic heterocycles. The summed E-state index contributed by atoms with van der Waals surface area (Å²) in [6.45, 7) is 6.31. The van der Waals surface area contributed by atoms with Crippen LogP contribution in [0.2, 0.25) is 0 Å². The number of hydrogen-bond acceptors (Lipinski definition) is 9. The first-order valence-corrected chi connectivity index (χ1v) is 9.12. The van der Waals surface area contributed by atoms with Crippen LogP contribution in [0.3, 0.4) is 0 Å². The van der Waals surface area contributed by atoms with Crippen LogP contribution in [0.15, 0.2) is 24.8 Å². The first-order chi connectivity index (χ1) is 14.1. The van der Waals surface area contributed by atoms with Crippen LogP contribution < -0.4 is 10.1 Å². The summed E-state index contributed by atoms with van der Waals surface area (Å²) in [6.07, 6.45) is 4.49. The van der Waals surface area contributed by atoms with Crippen LogP contribution in [0.4, 0.5) is 11.4 Å². The van der Waals surface area contributed by atoms with E-state index in [1.54, 1.807) is 33.9 Å². The second kappa shape index (κ2) is 9.25. The number of benzene rings is 1. The maximum absolute atomic E-state index is 12.8. The zero-order valence-corrected chi connectivity index (χ0v) is 17.4. The molecule has 0 aliphatic carbocycles. The molecule has 0 fully saturated rings. The van der Waals surface area contributed by atoms with Gasteiger partial charge in [-0.25, -0.2) is 14.6 Å². The summed E-state index contributed by atoms with van der Waals surface area (Å²) in [4.78, 5) is 39.6. The maximum Gasteiger partial charge on any atom is 0.347 e. The average Bonchev–Trinajstić information content (AvgIpc) is 3.17. The molecule has 11 heteroatoms. The zero-order valence-electron chi connectivity index (χ0n) is 17.4. The zero-order chi connectivity index (χ0) is 22.5. The number of carbonyl (C=O) groups excluding carboxylic acids is 2. The minimum Gasteiger partial charge on any atom is -0.479 e. The van der Waals surface area contributed by atoms with Gasteiger partial charge in [-0.15, -0.1) is 0 Å². The van der Waals surface area contributed by atoms with E-state index in [1.807, 2.05) is 0 Å². The minimum absolute atomic E-state index is 0.00980. The Morgan fingerprint density at radius 1 is 1.33 bits per heavy atom. The lowest BCUT2D eigenvalue weighted by Crippen LogP contribution is -2.25. The highest BCUT2D eigenvalue weighted by atomic mass is 16.6. The third kappa shape index (κ3) is 5.25. The third-order valence-corrected chi connectivity index (χ3v) is 3.71. The summed E-state index contributed by atoms with van der Waals surface area (Å²) in [5, 5.41) is 14.6. The predicted octanol–water partition coefficient (Wildman–Crippen LogP) is 2.72. The number of hydrogen-bond donors (Lipinski definition) is 1. The summed E-state index contributed by atoms with van der Waals surface area (Å²) in [6, 6.07) is 1.08. The molecule has 11 nitrogen and oxygen atoms in total. The number of nitrogens with zero attached hydrogens (tertiary/aromatic N) is 3. The Morgan fingerprint density at radius 2 is 2.03 bits per heavy atom. The normalized spacial score (nSPS) is 11.0. The van der Waals surface area contributed by atoms with Crippen molar-refractivity contribution in [3.05, 3.63) is 40.5 Å². The Hall–Kier alpha value is -3.63. The Balaban J connectivity index is 2.71. The first kappa shape index (κ1) is 22.7. The van der Waals surface area contributed by atoms with E-state index < -0.39 is 34.8 Å². The molecule has 2 rings (SSSR count). The number of nitro benzene ring substituents is 1. The van der Waals surface area contributed by atoms with Gasteiger partial charge in [0.25, 0.3) is 5.69 Å². The number of esters is 2. The largest absolute Gasteiger partial charge is 0.479 e. The molecule has 0 unspecified atom stereocenters. The molecule has 162 valence electrons. The van der Waals surface area contributed by atoms with Gasteiger partial charge in [0.15, 0.2) is 17.9 Å². The second-order valence-electron chi connectivity index (χ2n) is 7.07. The van der Waals surface area contributed by atoms with Gasteiger partial charge in [0.2, 0.25) is 0 Å². The van der Waals surface area contributed by atoms with Crippen molar-refractivity contribution < 1.29 is 28.7 Å². The van der Waals surface area contributed by atoms with Crippen LogP contribution in [0, 0.1) is 10.1 Å². The summed E-state index contributed by atoms with van der Waals surface area (Å²) in [5.74, 6) is -1.53. The van der Waals surface area contributed by atoms with Gasteiger partial charge >= 0.3 is 11.9 Å². The predicted molar refractivity (Wildman–Crippen MR) is 107 cm³/mol. The molecule has 0 amide bonds. The number of rotatable bonds is 8. The molecule has 0 aliphatic heterocycles. The van der Waals surface area contributed by atoms with Crippen molar-refractivity contribution in [2.75, 3.05) is 25.6 Å². The van der Waals surface area contributed by atoms with E-state index in [-0.39, 0.29) is 29.3 Å². The number of anilines is 1. The van der Waals surface area contributed by atoms with Crippen molar-refractivity contribution in [3.63, 3.8) is 0 Å². The first-order valence-electron chi connectivity index (χ1n) is 9.12. The van der Waals surface area contributed by atoms with Crippen LogP contribution in [0.25, 0.3) is 5.69 Å². The van der Waals surface area contributed by atoms with Crippen molar-refractivity contribution in [1.29, 1.82) is 0 Å². The van der Waals surface area contributed by atoms with Gasteiger partial charge in [0.1, 0.15) is 11.3 Å². The molecular weight excluding hydrogens is 396 g/mol. The molecule has 2 aromatic rings. The van der Waals surface area contributed by atoms with Gasteiger partial charge in [-0.3, -0.25) is 10.1 Å². The van der Waals surface area contributed by atoms with Crippen LogP contribution in [-0.4, -0.2) is 52.3 Å². The highest BCUT2D eigenvalue weighted by Crippen LogP contribution is 2.40. The van der Waals surface area contributed by atoms with E-state index >= 15 is 0 Å². The molecule has 0 radical (unpaired) electrons. The fraction of sp³-hybridized carbons (Fsp3) is 0.421. The van der Waals surface area contributed by atoms with Gasteiger partial charge in [0, 0.05) is 19.4 Å². The minimum atomic E-state index is -0.878. The number of nitro groups is 1. The Kier molecular flexibility index (Phi) is 6.98. The molecule has 1 heterocycles. The summed E-state index contributed by atoms with van der Waals surface area (Å²) in [7, 11) is 1.50. The van der Waals surface area contributed by atoms with Gasteiger partial charge in [0.05, 0.1) is 29.6 Å². The van der Waals surface area contributed by atoms with E-state index in [1.165, 1.54) is 24.1 Å². The van der Waals surface area contributed by atoms with Crippen molar-refractivity contribution in [2.24, 2.45) is 0 Å². The van der Waals surface area contributed by atoms with Crippen molar-refractivity contribution in [1.82, 2.24) is 9.55 Å². The highest BCUT2D eigenvalue weighted by Gasteiger charge is 2.33. The third-order valence-electron chi connectivity index (χ3n) is 3.71. The quantitative estimate of drug-likeness (QED) is 0.388. The monoisotopic (exact) mass is 420 g/mol. The van der Waals surface area contributed by atoms with Crippen LogP contribution >= 0.6 is 0 Å². The summed E-state index contributed by atoms with van der Waals surface area (Å²) >= 11 is 0. The number of imidazole rings is 1. The Morgan fingerprint density at radius 3 is 2.53 bits per heavy atom. The average molecular weight is 420 g/mol. The van der Waals surface area contributed by atoms with Crippen molar-refractivity contribution >= 4 is 23.3 Å². The Bertz CT molecular complexity index is 933. The molecule has 0 saturated heterocycles. The van der Waals surface area contributed by atoms with Crippen LogP contribution in [0.5, 0.6) is 5.75 Å². The molecule has 0 atom stereocenters. The van der Waals surface area contributed by atoms with E-state index in [4.69, 9.17) is 14.2 Å². The summed E-state index contributed by atoms with van der Waals surface area (Å²) < 4.78 is 17.2. The topological polar surface area (TPSA) is 135 Å². The van der Waals surface area contributed by atoms with Gasteiger partial charge in [-0.1, -0.05) is 0 Å². The number of carbonyl (C=O) groups is 2. The van der Waals surface area contributed by atoms with Crippen LogP contribution in [-0.2, 0) is 14.3 Å². The maximum atomic E-state index is 12.8. The van der Waals surface area contributed by atoms with Gasteiger partial charge in [-0.2, -0.15) is 0 Å². The lowest BCUT2D eigenvalue weighted by atomic mass is 10.1. The lowest BCUT2D eigenvalue weighted by molar-refractivity contribution is -0.385. The molecule has 30 heavy (non-hydrogen) atoms. The standard InChI is InChI=1S/C19H24N4O7/c1-6-28-14(24)10-29-13-9-12(23(26)27)15(18(25)30-19(2,3)4)16(20-5)17(13)22-8-7-21-11-22/h7-9,11,20H,6,10H2,1-5H3. The fourth-order valence-electron chi connectivity index (χ4n) is 2.65. The highest BCUT2D eigenvalue weighted by molar-refractivity contribution is 6.03. The molecule has 1 N–H and O–H groups in total. The van der Waals surface area contributed by atoms with E-state index in [0.29, 0.717) is 0 Å². The molecule has 1 aromatic carbocycles. The van der Waals surface area contributed by atoms with Crippen molar-refractivity contribution in [2.45, 2.75) is 33.3 Å². The summed E-state index contributed by atoms with van der Waals surface area (Å²) in [5.41, 5.74) is -1.33. The molecule has 0 spiro atoms. The van der Waals surface area contributed by atoms with E-state index in [9.17, 15) is 19.7 Å². The van der Waals surface area contributed by atoms with Gasteiger partial charge in [-0.05, 0) is 27.7 Å². The van der Waals surface area contributed by atoms with E-state index in [0.717, 1.165) is 6.07 Å². The van der Waals surface area contributed by atoms with E-state index in [2.05, 4.69) is 10.3 Å². The number of ether oxygens (including phenoxy) is 3. The molecule has 0 aliphatic rings. The second-order valence-corrected chi connectivity index (χ2v) is 7.07. The van der Waals surface area contributed by atoms with Crippen molar-refractivity contribution in [3.8, 4) is 11.4 Å². The fourth-order valence-corrected chi connectivity index (χ4v) is 2.65. The number of aromatic nitrogens is 2.